The molecule has 2 N–H and O–H groups in total. The van der Waals surface area contributed by atoms with Crippen LogP contribution in [-0.2, 0) is 27.8 Å². The topological polar surface area (TPSA) is 75.3 Å². The lowest BCUT2D eigenvalue weighted by atomic mass is 10.1. The molecule has 1 aromatic heterocycles. The molecule has 0 saturated heterocycles. The number of amides is 1. The summed E-state index contributed by atoms with van der Waals surface area (Å²) in [6.45, 7) is 2.33. The highest BCUT2D eigenvalue weighted by molar-refractivity contribution is 9.11. The highest BCUT2D eigenvalue weighted by Crippen LogP contribution is 2.26. The SMILES string of the molecule is Cc1ccc(CNC(=O)[C@H](Cc2ccccc2)NS(=O)(=O)c2ccc(Br)s2)cc1. The van der Waals surface area contributed by atoms with Crippen LogP contribution in [0.1, 0.15) is 16.7 Å². The monoisotopic (exact) mass is 492 g/mol. The number of hydrogen-bond acceptors (Lipinski definition) is 4. The van der Waals surface area contributed by atoms with Gasteiger partial charge in [0.15, 0.2) is 0 Å². The number of carbonyl (C=O) groups is 1. The highest BCUT2D eigenvalue weighted by atomic mass is 79.9. The Hall–Kier alpha value is -2.00. The molecular weight excluding hydrogens is 472 g/mol. The third kappa shape index (κ3) is 6.24. The van der Waals surface area contributed by atoms with Crippen molar-refractivity contribution in [3.63, 3.8) is 0 Å². The summed E-state index contributed by atoms with van der Waals surface area (Å²) >= 11 is 4.38. The van der Waals surface area contributed by atoms with Crippen molar-refractivity contribution in [3.05, 3.63) is 87.2 Å². The van der Waals surface area contributed by atoms with Crippen LogP contribution in [0.5, 0.6) is 0 Å². The Balaban J connectivity index is 1.76. The van der Waals surface area contributed by atoms with Gasteiger partial charge in [0, 0.05) is 6.54 Å². The van der Waals surface area contributed by atoms with Gasteiger partial charge in [-0.1, -0.05) is 60.2 Å². The first-order chi connectivity index (χ1) is 13.8. The fourth-order valence-electron chi connectivity index (χ4n) is 2.74. The summed E-state index contributed by atoms with van der Waals surface area (Å²) in [7, 11) is -3.81. The molecule has 0 saturated carbocycles. The molecule has 0 bridgehead atoms. The van der Waals surface area contributed by atoms with Crippen LogP contribution in [0, 0.1) is 6.92 Å². The second-order valence-corrected chi connectivity index (χ2v) is 11.0. The van der Waals surface area contributed by atoms with Gasteiger partial charge in [-0.2, -0.15) is 4.72 Å². The molecule has 152 valence electrons. The molecule has 2 aromatic carbocycles. The summed E-state index contributed by atoms with van der Waals surface area (Å²) in [5.41, 5.74) is 2.96. The predicted octanol–water partition coefficient (Wildman–Crippen LogP) is 4.03. The lowest BCUT2D eigenvalue weighted by Crippen LogP contribution is -2.47. The number of benzene rings is 2. The van der Waals surface area contributed by atoms with Gasteiger partial charge in [0.1, 0.15) is 10.3 Å². The van der Waals surface area contributed by atoms with Gasteiger partial charge >= 0.3 is 0 Å². The van der Waals surface area contributed by atoms with Crippen molar-refractivity contribution in [2.75, 3.05) is 0 Å². The molecule has 0 aliphatic rings. The molecule has 1 heterocycles. The molecule has 0 fully saturated rings. The maximum Gasteiger partial charge on any atom is 0.250 e. The summed E-state index contributed by atoms with van der Waals surface area (Å²) in [5.74, 6) is -0.367. The van der Waals surface area contributed by atoms with E-state index in [4.69, 9.17) is 0 Å². The molecular formula is C21H21BrN2O3S2. The number of nitrogens with one attached hydrogen (secondary N) is 2. The minimum Gasteiger partial charge on any atom is -0.351 e. The Morgan fingerprint density at radius 3 is 2.31 bits per heavy atom. The van der Waals surface area contributed by atoms with Crippen molar-refractivity contribution in [2.24, 2.45) is 0 Å². The van der Waals surface area contributed by atoms with Gasteiger partial charge in [-0.25, -0.2) is 8.42 Å². The molecule has 0 spiro atoms. The molecule has 1 amide bonds. The minimum absolute atomic E-state index is 0.161. The third-order valence-corrected chi connectivity index (χ3v) is 7.88. The Morgan fingerprint density at radius 1 is 1.00 bits per heavy atom. The van der Waals surface area contributed by atoms with Gasteiger partial charge in [-0.15, -0.1) is 11.3 Å². The predicted molar refractivity (Wildman–Crippen MR) is 119 cm³/mol. The number of thiophene rings is 1. The third-order valence-electron chi connectivity index (χ3n) is 4.30. The van der Waals surface area contributed by atoms with Crippen molar-refractivity contribution < 1.29 is 13.2 Å². The number of carbonyl (C=O) groups excluding carboxylic acids is 1. The van der Waals surface area contributed by atoms with Gasteiger partial charge < -0.3 is 5.32 Å². The molecule has 3 aromatic rings. The average molecular weight is 493 g/mol. The van der Waals surface area contributed by atoms with E-state index >= 15 is 0 Å². The normalized spacial score (nSPS) is 12.5. The molecule has 0 aliphatic carbocycles. The largest absolute Gasteiger partial charge is 0.351 e. The Bertz CT molecular complexity index is 1060. The van der Waals surface area contributed by atoms with Gasteiger partial charge in [0.05, 0.1) is 3.79 Å². The van der Waals surface area contributed by atoms with E-state index in [1.807, 2.05) is 61.5 Å². The van der Waals surface area contributed by atoms with Crippen LogP contribution in [0.2, 0.25) is 0 Å². The fraction of sp³-hybridized carbons (Fsp3) is 0.190. The van der Waals surface area contributed by atoms with Crippen molar-refractivity contribution in [2.45, 2.75) is 30.1 Å². The maximum atomic E-state index is 12.9. The molecule has 1 atom stereocenters. The number of halogens is 1. The standard InChI is InChI=1S/C21H21BrN2O3S2/c1-15-7-9-17(10-8-15)14-23-21(25)18(13-16-5-3-2-4-6-16)24-29(26,27)20-12-11-19(22)28-20/h2-12,18,24H,13-14H2,1H3,(H,23,25)/t18-/m0/s1. The van der Waals surface area contributed by atoms with Crippen LogP contribution in [0.15, 0.2) is 74.7 Å². The summed E-state index contributed by atoms with van der Waals surface area (Å²) in [6, 6.07) is 19.4. The highest BCUT2D eigenvalue weighted by Gasteiger charge is 2.27. The molecule has 0 unspecified atom stereocenters. The minimum atomic E-state index is -3.81. The smallest absolute Gasteiger partial charge is 0.250 e. The van der Waals surface area contributed by atoms with E-state index in [2.05, 4.69) is 26.0 Å². The Labute approximate surface area is 183 Å². The Morgan fingerprint density at radius 2 is 1.69 bits per heavy atom. The van der Waals surface area contributed by atoms with Crippen LogP contribution < -0.4 is 10.0 Å². The summed E-state index contributed by atoms with van der Waals surface area (Å²) in [6.07, 6.45) is 0.256. The van der Waals surface area contributed by atoms with Gasteiger partial charge in [0.25, 0.3) is 10.0 Å². The zero-order chi connectivity index (χ0) is 20.9. The first kappa shape index (κ1) is 21.7. The fourth-order valence-corrected chi connectivity index (χ4v) is 5.97. The van der Waals surface area contributed by atoms with Crippen LogP contribution in [0.25, 0.3) is 0 Å². The van der Waals surface area contributed by atoms with E-state index in [0.717, 1.165) is 28.0 Å². The van der Waals surface area contributed by atoms with Crippen molar-refractivity contribution in [1.82, 2.24) is 10.0 Å². The van der Waals surface area contributed by atoms with E-state index in [-0.39, 0.29) is 16.5 Å². The molecule has 5 nitrogen and oxygen atoms in total. The Kier molecular flexibility index (Phi) is 7.23. The zero-order valence-electron chi connectivity index (χ0n) is 15.8. The second kappa shape index (κ2) is 9.67. The van der Waals surface area contributed by atoms with Crippen LogP contribution in [0.4, 0.5) is 0 Å². The van der Waals surface area contributed by atoms with Crippen LogP contribution in [-0.4, -0.2) is 20.4 Å². The number of rotatable bonds is 8. The number of hydrogen-bond donors (Lipinski definition) is 2. The second-order valence-electron chi connectivity index (χ2n) is 6.63. The molecule has 8 heteroatoms. The summed E-state index contributed by atoms with van der Waals surface area (Å²) < 4.78 is 29.0. The summed E-state index contributed by atoms with van der Waals surface area (Å²) in [5, 5.41) is 2.85. The van der Waals surface area contributed by atoms with E-state index in [9.17, 15) is 13.2 Å². The lowest BCUT2D eigenvalue weighted by Gasteiger charge is -2.18. The quantitative estimate of drug-likeness (QED) is 0.498. The van der Waals surface area contributed by atoms with Crippen molar-refractivity contribution in [3.8, 4) is 0 Å². The number of sulfonamides is 1. The van der Waals surface area contributed by atoms with Crippen molar-refractivity contribution in [1.29, 1.82) is 0 Å². The van der Waals surface area contributed by atoms with Gasteiger partial charge in [-0.3, -0.25) is 4.79 Å². The molecule has 0 radical (unpaired) electrons. The first-order valence-corrected chi connectivity index (χ1v) is 12.1. The van der Waals surface area contributed by atoms with E-state index < -0.39 is 16.1 Å². The average Bonchev–Trinajstić information content (AvgIpc) is 3.15. The van der Waals surface area contributed by atoms with Gasteiger partial charge in [-0.05, 0) is 52.5 Å². The molecule has 3 rings (SSSR count). The molecule has 0 aliphatic heterocycles. The van der Waals surface area contributed by atoms with E-state index in [0.29, 0.717) is 10.3 Å². The maximum absolute atomic E-state index is 12.9. The van der Waals surface area contributed by atoms with E-state index in [1.165, 1.54) is 6.07 Å². The first-order valence-electron chi connectivity index (χ1n) is 8.98. The zero-order valence-corrected chi connectivity index (χ0v) is 19.0. The van der Waals surface area contributed by atoms with Crippen molar-refractivity contribution >= 4 is 43.2 Å². The number of aryl methyl sites for hydroxylation is 1. The summed E-state index contributed by atoms with van der Waals surface area (Å²) in [4.78, 5) is 12.9. The van der Waals surface area contributed by atoms with E-state index in [1.54, 1.807) is 6.07 Å². The lowest BCUT2D eigenvalue weighted by molar-refractivity contribution is -0.122. The van der Waals surface area contributed by atoms with Crippen LogP contribution >= 0.6 is 27.3 Å². The molecule has 29 heavy (non-hydrogen) atoms. The van der Waals surface area contributed by atoms with Crippen LogP contribution in [0.3, 0.4) is 0 Å². The van der Waals surface area contributed by atoms with Gasteiger partial charge in [0.2, 0.25) is 5.91 Å².